The van der Waals surface area contributed by atoms with Gasteiger partial charge in [0.15, 0.2) is 0 Å². The van der Waals surface area contributed by atoms with Crippen molar-refractivity contribution in [1.82, 2.24) is 0 Å². The first-order chi connectivity index (χ1) is 7.33. The molecule has 0 saturated heterocycles. The standard InChI is InChI=1S/C13H17NO/c1-10-11(4-2-3-8-14)5-6-13-12(10)7-9-15-13/h5-7,9H,2-4,8,14H2,1H3. The summed E-state index contributed by atoms with van der Waals surface area (Å²) in [6, 6.07) is 6.26. The smallest absolute Gasteiger partial charge is 0.134 e. The average molecular weight is 203 g/mol. The van der Waals surface area contributed by atoms with Crippen LogP contribution in [0.15, 0.2) is 28.9 Å². The van der Waals surface area contributed by atoms with Crippen molar-refractivity contribution in [2.75, 3.05) is 6.54 Å². The van der Waals surface area contributed by atoms with Crippen molar-refractivity contribution in [2.24, 2.45) is 5.73 Å². The van der Waals surface area contributed by atoms with Crippen LogP contribution in [0.2, 0.25) is 0 Å². The van der Waals surface area contributed by atoms with Crippen LogP contribution in [0.3, 0.4) is 0 Å². The normalized spacial score (nSPS) is 11.1. The van der Waals surface area contributed by atoms with Crippen LogP contribution in [0.5, 0.6) is 0 Å². The molecule has 0 radical (unpaired) electrons. The van der Waals surface area contributed by atoms with Gasteiger partial charge in [0.05, 0.1) is 6.26 Å². The van der Waals surface area contributed by atoms with Gasteiger partial charge in [-0.05, 0) is 56.0 Å². The Morgan fingerprint density at radius 1 is 1.20 bits per heavy atom. The molecule has 0 spiro atoms. The van der Waals surface area contributed by atoms with E-state index in [-0.39, 0.29) is 0 Å². The van der Waals surface area contributed by atoms with Crippen molar-refractivity contribution in [3.63, 3.8) is 0 Å². The molecular formula is C13H17NO. The van der Waals surface area contributed by atoms with Crippen LogP contribution in [-0.4, -0.2) is 6.54 Å². The molecule has 0 aliphatic rings. The molecule has 2 aromatic rings. The van der Waals surface area contributed by atoms with E-state index in [2.05, 4.69) is 19.1 Å². The number of hydrogen-bond acceptors (Lipinski definition) is 2. The number of hydrogen-bond donors (Lipinski definition) is 1. The van der Waals surface area contributed by atoms with E-state index < -0.39 is 0 Å². The molecule has 2 nitrogen and oxygen atoms in total. The first kappa shape index (κ1) is 10.2. The highest BCUT2D eigenvalue weighted by Crippen LogP contribution is 2.23. The first-order valence-corrected chi connectivity index (χ1v) is 5.48. The van der Waals surface area contributed by atoms with Gasteiger partial charge in [-0.2, -0.15) is 0 Å². The highest BCUT2D eigenvalue weighted by Gasteiger charge is 2.04. The quantitative estimate of drug-likeness (QED) is 0.776. The van der Waals surface area contributed by atoms with Gasteiger partial charge in [-0.3, -0.25) is 0 Å². The molecule has 0 atom stereocenters. The van der Waals surface area contributed by atoms with Crippen LogP contribution in [0, 0.1) is 6.92 Å². The van der Waals surface area contributed by atoms with Crippen LogP contribution in [0.4, 0.5) is 0 Å². The third kappa shape index (κ3) is 2.05. The number of unbranched alkanes of at least 4 members (excludes halogenated alkanes) is 1. The van der Waals surface area contributed by atoms with Crippen LogP contribution in [-0.2, 0) is 6.42 Å². The van der Waals surface area contributed by atoms with Gasteiger partial charge in [-0.1, -0.05) is 6.07 Å². The van der Waals surface area contributed by atoms with Crippen molar-refractivity contribution in [1.29, 1.82) is 0 Å². The molecule has 0 fully saturated rings. The van der Waals surface area contributed by atoms with Crippen molar-refractivity contribution in [2.45, 2.75) is 26.2 Å². The van der Waals surface area contributed by atoms with E-state index in [0.29, 0.717) is 0 Å². The van der Waals surface area contributed by atoms with Gasteiger partial charge in [0.2, 0.25) is 0 Å². The molecular weight excluding hydrogens is 186 g/mol. The molecule has 1 aromatic heterocycles. The molecule has 80 valence electrons. The number of rotatable bonds is 4. The van der Waals surface area contributed by atoms with Gasteiger partial charge < -0.3 is 10.2 Å². The van der Waals surface area contributed by atoms with Gasteiger partial charge in [0.25, 0.3) is 0 Å². The third-order valence-corrected chi connectivity index (χ3v) is 2.92. The molecule has 0 amide bonds. The van der Waals surface area contributed by atoms with Crippen LogP contribution in [0.1, 0.15) is 24.0 Å². The van der Waals surface area contributed by atoms with E-state index in [9.17, 15) is 0 Å². The second kappa shape index (κ2) is 4.49. The van der Waals surface area contributed by atoms with E-state index >= 15 is 0 Å². The second-order valence-corrected chi connectivity index (χ2v) is 3.93. The SMILES string of the molecule is Cc1c(CCCCN)ccc2occc12. The fourth-order valence-electron chi connectivity index (χ4n) is 1.96. The zero-order valence-electron chi connectivity index (χ0n) is 9.12. The van der Waals surface area contributed by atoms with Crippen molar-refractivity contribution in [3.8, 4) is 0 Å². The molecule has 0 aliphatic heterocycles. The summed E-state index contributed by atoms with van der Waals surface area (Å²) in [5, 5.41) is 1.24. The maximum atomic E-state index is 5.49. The number of furan rings is 1. The molecule has 1 heterocycles. The largest absolute Gasteiger partial charge is 0.464 e. The Hall–Kier alpha value is -1.28. The highest BCUT2D eigenvalue weighted by atomic mass is 16.3. The van der Waals surface area contributed by atoms with Crippen molar-refractivity contribution in [3.05, 3.63) is 35.6 Å². The lowest BCUT2D eigenvalue weighted by Gasteiger charge is -2.05. The van der Waals surface area contributed by atoms with Crippen LogP contribution >= 0.6 is 0 Å². The molecule has 0 unspecified atom stereocenters. The van der Waals surface area contributed by atoms with Gasteiger partial charge in [0, 0.05) is 5.39 Å². The minimum atomic E-state index is 0.785. The Kier molecular flexibility index (Phi) is 3.07. The maximum absolute atomic E-state index is 5.49. The Morgan fingerprint density at radius 2 is 2.07 bits per heavy atom. The highest BCUT2D eigenvalue weighted by molar-refractivity contribution is 5.81. The summed E-state index contributed by atoms with van der Waals surface area (Å²) in [7, 11) is 0. The predicted molar refractivity (Wildman–Crippen MR) is 62.9 cm³/mol. The van der Waals surface area contributed by atoms with Crippen molar-refractivity contribution < 1.29 is 4.42 Å². The first-order valence-electron chi connectivity index (χ1n) is 5.48. The summed E-state index contributed by atoms with van der Waals surface area (Å²) in [6.45, 7) is 2.95. The summed E-state index contributed by atoms with van der Waals surface area (Å²) < 4.78 is 5.36. The summed E-state index contributed by atoms with van der Waals surface area (Å²) in [5.74, 6) is 0. The zero-order chi connectivity index (χ0) is 10.7. The van der Waals surface area contributed by atoms with E-state index in [1.165, 1.54) is 22.9 Å². The summed E-state index contributed by atoms with van der Waals surface area (Å²) >= 11 is 0. The van der Waals surface area contributed by atoms with E-state index in [1.807, 2.05) is 6.07 Å². The molecule has 0 saturated carbocycles. The van der Waals surface area contributed by atoms with Gasteiger partial charge in [-0.25, -0.2) is 0 Å². The number of aryl methyl sites for hydroxylation is 2. The lowest BCUT2D eigenvalue weighted by Crippen LogP contribution is -1.99. The van der Waals surface area contributed by atoms with Gasteiger partial charge >= 0.3 is 0 Å². The minimum absolute atomic E-state index is 0.785. The topological polar surface area (TPSA) is 39.2 Å². The molecule has 2 rings (SSSR count). The molecule has 2 N–H and O–H groups in total. The molecule has 0 bridgehead atoms. The lowest BCUT2D eigenvalue weighted by atomic mass is 10.00. The van der Waals surface area contributed by atoms with E-state index in [1.54, 1.807) is 6.26 Å². The Labute approximate surface area is 90.1 Å². The van der Waals surface area contributed by atoms with Gasteiger partial charge in [-0.15, -0.1) is 0 Å². The summed E-state index contributed by atoms with van der Waals surface area (Å²) in [6.07, 6.45) is 5.13. The number of nitrogens with two attached hydrogens (primary N) is 1. The molecule has 15 heavy (non-hydrogen) atoms. The number of benzene rings is 1. The maximum Gasteiger partial charge on any atom is 0.134 e. The predicted octanol–water partition coefficient (Wildman–Crippen LogP) is 3.02. The lowest BCUT2D eigenvalue weighted by molar-refractivity contribution is 0.615. The number of fused-ring (bicyclic) bond motifs is 1. The Balaban J connectivity index is 2.23. The summed E-state index contributed by atoms with van der Waals surface area (Å²) in [5.41, 5.74) is 9.23. The Bertz CT molecular complexity index is 445. The Morgan fingerprint density at radius 3 is 2.87 bits per heavy atom. The fraction of sp³-hybridized carbons (Fsp3) is 0.385. The fourth-order valence-corrected chi connectivity index (χ4v) is 1.96. The van der Waals surface area contributed by atoms with Crippen LogP contribution < -0.4 is 5.73 Å². The average Bonchev–Trinajstić information content (AvgIpc) is 2.70. The van der Waals surface area contributed by atoms with E-state index in [4.69, 9.17) is 10.2 Å². The minimum Gasteiger partial charge on any atom is -0.464 e. The molecule has 1 aromatic carbocycles. The van der Waals surface area contributed by atoms with Crippen molar-refractivity contribution >= 4 is 11.0 Å². The monoisotopic (exact) mass is 203 g/mol. The van der Waals surface area contributed by atoms with Crippen LogP contribution in [0.25, 0.3) is 11.0 Å². The zero-order valence-corrected chi connectivity index (χ0v) is 9.12. The second-order valence-electron chi connectivity index (χ2n) is 3.93. The van der Waals surface area contributed by atoms with Gasteiger partial charge in [0.1, 0.15) is 5.58 Å². The summed E-state index contributed by atoms with van der Waals surface area (Å²) in [4.78, 5) is 0. The van der Waals surface area contributed by atoms with E-state index in [0.717, 1.165) is 25.0 Å². The third-order valence-electron chi connectivity index (χ3n) is 2.92. The molecule has 0 aliphatic carbocycles. The molecule has 2 heteroatoms.